The molecule has 3 aromatic carbocycles. The first-order valence-corrected chi connectivity index (χ1v) is 33.7. The Bertz CT molecular complexity index is 1730. The molecule has 5 aromatic rings. The number of fused-ring (bicyclic) bond motifs is 2. The fourth-order valence-corrected chi connectivity index (χ4v) is 8.04. The average Bonchev–Trinajstić information content (AvgIpc) is 4.27. The number of hydrogen-bond donors (Lipinski definition) is 0. The van der Waals surface area contributed by atoms with E-state index in [0.29, 0.717) is 5.92 Å². The van der Waals surface area contributed by atoms with Crippen molar-refractivity contribution in [2.24, 2.45) is 47.3 Å². The lowest BCUT2D eigenvalue weighted by atomic mass is 9.77. The van der Waals surface area contributed by atoms with E-state index in [1.807, 2.05) is 121 Å². The number of rotatable bonds is 5. The van der Waals surface area contributed by atoms with Gasteiger partial charge in [0.05, 0.1) is 0 Å². The maximum atomic E-state index is 3.78. The van der Waals surface area contributed by atoms with Crippen molar-refractivity contribution in [1.29, 1.82) is 0 Å². The molecule has 0 spiro atoms. The SMILES string of the molecule is CC.CC.CC.CC.CC.CC.CC.CC(C)C.CC(C)C.CC(C)C1CC1.CC(C)C1CCC1.CC(C)C1CCCc2ccccc21.CC(C)C1CCc2ccccc21.CC(C)c1ccccc1.c1ccncc1.c1cncnc1. The molecule has 4 aliphatic carbocycles. The van der Waals surface area contributed by atoms with Crippen LogP contribution in [0.25, 0.3) is 0 Å². The molecule has 0 bridgehead atoms. The van der Waals surface area contributed by atoms with Crippen molar-refractivity contribution >= 4 is 0 Å². The van der Waals surface area contributed by atoms with Crippen LogP contribution in [0.5, 0.6) is 0 Å². The van der Waals surface area contributed by atoms with Gasteiger partial charge in [0.15, 0.2) is 0 Å². The molecule has 2 saturated carbocycles. The first-order chi connectivity index (χ1) is 39.0. The highest BCUT2D eigenvalue weighted by molar-refractivity contribution is 5.35. The van der Waals surface area contributed by atoms with Gasteiger partial charge in [0, 0.05) is 24.8 Å². The molecule has 470 valence electrons. The van der Waals surface area contributed by atoms with Crippen molar-refractivity contribution in [3.8, 4) is 0 Å². The van der Waals surface area contributed by atoms with Crippen LogP contribution in [0.3, 0.4) is 0 Å². The maximum absolute atomic E-state index is 3.78. The van der Waals surface area contributed by atoms with Crippen molar-refractivity contribution in [3.63, 3.8) is 0 Å². The second-order valence-electron chi connectivity index (χ2n) is 22.0. The minimum absolute atomic E-state index is 0.659. The van der Waals surface area contributed by atoms with Crippen LogP contribution >= 0.6 is 0 Å². The molecule has 2 atom stereocenters. The van der Waals surface area contributed by atoms with E-state index < -0.39 is 0 Å². The number of hydrogen-bond acceptors (Lipinski definition) is 3. The van der Waals surface area contributed by atoms with Crippen LogP contribution in [-0.4, -0.2) is 15.0 Å². The molecule has 0 N–H and O–H groups in total. The summed E-state index contributed by atoms with van der Waals surface area (Å²) in [6.45, 7) is 64.0. The third kappa shape index (κ3) is 56.2. The highest BCUT2D eigenvalue weighted by atomic mass is 14.8. The second-order valence-corrected chi connectivity index (χ2v) is 22.0. The molecule has 3 heteroatoms. The van der Waals surface area contributed by atoms with E-state index in [2.05, 4.69) is 199 Å². The van der Waals surface area contributed by atoms with Gasteiger partial charge < -0.3 is 0 Å². The largest absolute Gasteiger partial charge is 0.265 e. The lowest BCUT2D eigenvalue weighted by molar-refractivity contribution is 0.235. The van der Waals surface area contributed by atoms with Crippen molar-refractivity contribution < 1.29 is 0 Å². The van der Waals surface area contributed by atoms with E-state index >= 15 is 0 Å². The van der Waals surface area contributed by atoms with Gasteiger partial charge in [0.1, 0.15) is 6.33 Å². The third-order valence-corrected chi connectivity index (χ3v) is 12.4. The van der Waals surface area contributed by atoms with Crippen molar-refractivity contribution in [2.75, 3.05) is 0 Å². The predicted molar refractivity (Wildman–Crippen MR) is 376 cm³/mol. The van der Waals surface area contributed by atoms with Crippen molar-refractivity contribution in [2.45, 2.75) is 290 Å². The minimum atomic E-state index is 0.659. The first-order valence-electron chi connectivity index (χ1n) is 33.7. The highest BCUT2D eigenvalue weighted by Crippen LogP contribution is 2.38. The van der Waals surface area contributed by atoms with E-state index in [0.717, 1.165) is 59.2 Å². The second kappa shape index (κ2) is 68.4. The number of benzene rings is 3. The predicted octanol–water partition coefficient (Wildman–Crippen LogP) is 26.5. The molecule has 4 aliphatic rings. The molecule has 3 nitrogen and oxygen atoms in total. The number of aromatic nitrogens is 3. The van der Waals surface area contributed by atoms with Gasteiger partial charge in [0.25, 0.3) is 0 Å². The van der Waals surface area contributed by atoms with Crippen molar-refractivity contribution in [3.05, 3.63) is 162 Å². The van der Waals surface area contributed by atoms with E-state index in [4.69, 9.17) is 0 Å². The van der Waals surface area contributed by atoms with Crippen LogP contribution in [0.1, 0.15) is 305 Å². The van der Waals surface area contributed by atoms with Crippen LogP contribution in [-0.2, 0) is 12.8 Å². The molecule has 0 aliphatic heterocycles. The standard InChI is InChI=1S/C13H18.C12H16.C9H12.C7H14.C6H12.C5H5N.C4H4N2.2C4H10.7C2H6/c1-10(2)12-9-5-7-11-6-3-4-8-13(11)12;1-9(2)11-8-7-10-5-3-4-6-12(10)11;1-8(2)9-6-4-3-5-7-9;1-6(2)7-4-3-5-7;1-5(2)6-3-4-6;1-2-4-6-5-3-1;1-2-5-4-6-3-1;2*1-4(2)3;7*1-2/h3-4,6,8,10,12H,5,7,9H2,1-2H3;3-6,9,11H,7-8H2,1-2H3;3-8H,1-2H3;6-7H,3-5H2,1-2H3;5-6H,3-4H2,1-2H3;1-5H;1-4H;2*4H,1-3H3;7*1-2H3. The molecular formula is C78H143N3. The summed E-state index contributed by atoms with van der Waals surface area (Å²) in [5, 5.41) is 0. The lowest BCUT2D eigenvalue weighted by Crippen LogP contribution is -2.16. The van der Waals surface area contributed by atoms with Gasteiger partial charge in [-0.1, -0.05) is 312 Å². The maximum Gasteiger partial charge on any atom is 0.115 e. The summed E-state index contributed by atoms with van der Waals surface area (Å²) in [5.41, 5.74) is 7.80. The Labute approximate surface area is 511 Å². The zero-order valence-corrected chi connectivity index (χ0v) is 60.0. The van der Waals surface area contributed by atoms with Gasteiger partial charge in [0.2, 0.25) is 0 Å². The third-order valence-electron chi connectivity index (χ3n) is 12.4. The molecule has 0 radical (unpaired) electrons. The number of nitrogens with zero attached hydrogens (tertiary/aromatic N) is 3. The quantitative estimate of drug-likeness (QED) is 0.176. The first kappa shape index (κ1) is 90.7. The summed E-state index contributed by atoms with van der Waals surface area (Å²) >= 11 is 0. The Kier molecular flexibility index (Phi) is 76.5. The number of pyridine rings is 1. The Morgan fingerprint density at radius 1 is 0.309 bits per heavy atom. The summed E-state index contributed by atoms with van der Waals surface area (Å²) in [6, 6.07) is 35.9. The summed E-state index contributed by atoms with van der Waals surface area (Å²) in [7, 11) is 0. The van der Waals surface area contributed by atoms with Gasteiger partial charge in [-0.05, 0) is 156 Å². The minimum Gasteiger partial charge on any atom is -0.265 e. The summed E-state index contributed by atoms with van der Waals surface area (Å²) in [4.78, 5) is 11.1. The van der Waals surface area contributed by atoms with Gasteiger partial charge in [-0.25, -0.2) is 9.97 Å². The summed E-state index contributed by atoms with van der Waals surface area (Å²) < 4.78 is 0. The smallest absolute Gasteiger partial charge is 0.115 e. The monoisotopic (exact) mass is 1120 g/mol. The van der Waals surface area contributed by atoms with Gasteiger partial charge in [-0.15, -0.1) is 0 Å². The van der Waals surface area contributed by atoms with E-state index in [1.54, 1.807) is 53.1 Å². The highest BCUT2D eigenvalue weighted by Gasteiger charge is 2.25. The van der Waals surface area contributed by atoms with Crippen LogP contribution in [0.15, 0.2) is 134 Å². The molecule has 2 aromatic heterocycles. The van der Waals surface area contributed by atoms with Gasteiger partial charge >= 0.3 is 0 Å². The Morgan fingerprint density at radius 2 is 0.642 bits per heavy atom. The topological polar surface area (TPSA) is 38.7 Å². The molecule has 2 unspecified atom stereocenters. The van der Waals surface area contributed by atoms with Gasteiger partial charge in [-0.3, -0.25) is 4.98 Å². The molecule has 9 rings (SSSR count). The van der Waals surface area contributed by atoms with E-state index in [9.17, 15) is 0 Å². The Balaban J connectivity index is -0.000000151. The van der Waals surface area contributed by atoms with Crippen LogP contribution < -0.4 is 0 Å². The molecule has 2 fully saturated rings. The summed E-state index contributed by atoms with van der Waals surface area (Å²) in [5.74, 6) is 9.65. The number of aryl methyl sites for hydroxylation is 2. The fourth-order valence-electron chi connectivity index (χ4n) is 8.04. The van der Waals surface area contributed by atoms with Crippen LogP contribution in [0, 0.1) is 47.3 Å². The van der Waals surface area contributed by atoms with Crippen LogP contribution in [0.2, 0.25) is 0 Å². The summed E-state index contributed by atoms with van der Waals surface area (Å²) in [6.07, 6.45) is 22.6. The molecule has 2 heterocycles. The van der Waals surface area contributed by atoms with E-state index in [-0.39, 0.29) is 0 Å². The molecular weight excluding hydrogens is 979 g/mol. The zero-order chi connectivity index (χ0) is 64.0. The fraction of sp³-hybridized carbons (Fsp3) is 0.654. The molecule has 0 saturated heterocycles. The molecule has 0 amide bonds. The van der Waals surface area contributed by atoms with Crippen LogP contribution in [0.4, 0.5) is 0 Å². The Morgan fingerprint density at radius 3 is 0.877 bits per heavy atom. The Hall–Kier alpha value is -4.11. The van der Waals surface area contributed by atoms with Gasteiger partial charge in [-0.2, -0.15) is 0 Å². The lowest BCUT2D eigenvalue weighted by Gasteiger charge is -2.28. The average molecular weight is 1120 g/mol. The molecule has 81 heavy (non-hydrogen) atoms. The normalized spacial score (nSPS) is 14.0. The zero-order valence-electron chi connectivity index (χ0n) is 60.0. The van der Waals surface area contributed by atoms with E-state index in [1.165, 1.54) is 76.1 Å². The van der Waals surface area contributed by atoms with Crippen molar-refractivity contribution in [1.82, 2.24) is 15.0 Å².